The quantitative estimate of drug-likeness (QED) is 0.636. The molecule has 0 radical (unpaired) electrons. The third-order valence-electron chi connectivity index (χ3n) is 6.00. The van der Waals surface area contributed by atoms with Gasteiger partial charge in [-0.25, -0.2) is 4.79 Å². The van der Waals surface area contributed by atoms with Gasteiger partial charge in [-0.1, -0.05) is 23.7 Å². The number of amides is 3. The lowest BCUT2D eigenvalue weighted by Crippen LogP contribution is -2.50. The summed E-state index contributed by atoms with van der Waals surface area (Å²) in [6.45, 7) is 5.46. The van der Waals surface area contributed by atoms with Crippen molar-refractivity contribution in [1.82, 2.24) is 15.2 Å². The number of hydrogen-bond acceptors (Lipinski definition) is 4. The van der Waals surface area contributed by atoms with E-state index in [2.05, 4.69) is 15.6 Å². The maximum absolute atomic E-state index is 12.8. The molecule has 1 aliphatic rings. The Morgan fingerprint density at radius 2 is 1.77 bits per heavy atom. The van der Waals surface area contributed by atoms with Gasteiger partial charge in [-0.2, -0.15) is 0 Å². The molecule has 0 spiro atoms. The Labute approximate surface area is 188 Å². The molecule has 1 aromatic heterocycles. The maximum atomic E-state index is 12.8. The van der Waals surface area contributed by atoms with Crippen molar-refractivity contribution >= 4 is 29.2 Å². The molecule has 0 saturated carbocycles. The molecule has 1 saturated heterocycles. The van der Waals surface area contributed by atoms with Crippen molar-refractivity contribution in [2.24, 2.45) is 11.7 Å². The lowest BCUT2D eigenvalue weighted by atomic mass is 9.83. The molecule has 0 aliphatic carbocycles. The molecule has 1 atom stereocenters. The lowest BCUT2D eigenvalue weighted by Gasteiger charge is -2.35. The van der Waals surface area contributed by atoms with Crippen molar-refractivity contribution in [1.29, 1.82) is 0 Å². The van der Waals surface area contributed by atoms with Crippen LogP contribution in [0.25, 0.3) is 0 Å². The van der Waals surface area contributed by atoms with Crippen molar-refractivity contribution in [2.45, 2.75) is 38.1 Å². The van der Waals surface area contributed by atoms with Crippen LogP contribution in [0.15, 0.2) is 48.8 Å². The highest BCUT2D eigenvalue weighted by molar-refractivity contribution is 6.30. The monoisotopic (exact) mass is 443 g/mol. The number of likely N-dealkylation sites (tertiary alicyclic amines) is 1. The summed E-state index contributed by atoms with van der Waals surface area (Å²) in [5, 5.41) is 6.53. The summed E-state index contributed by atoms with van der Waals surface area (Å²) in [5.41, 5.74) is 7.33. The minimum Gasteiger partial charge on any atom is -0.354 e. The Hall–Kier alpha value is -2.64. The second-order valence-electron chi connectivity index (χ2n) is 8.50. The third kappa shape index (κ3) is 5.95. The number of piperidine rings is 1. The number of carbonyl (C=O) groups excluding carboxylic acids is 2. The fraction of sp³-hybridized carbons (Fsp3) is 0.435. The second kappa shape index (κ2) is 10.1. The Morgan fingerprint density at radius 3 is 2.39 bits per heavy atom. The second-order valence-corrected chi connectivity index (χ2v) is 8.93. The molecule has 0 bridgehead atoms. The molecule has 4 N–H and O–H groups in total. The van der Waals surface area contributed by atoms with Crippen LogP contribution in [0.3, 0.4) is 0 Å². The van der Waals surface area contributed by atoms with Crippen LogP contribution in [0.1, 0.15) is 32.3 Å². The van der Waals surface area contributed by atoms with Gasteiger partial charge in [-0.15, -0.1) is 0 Å². The van der Waals surface area contributed by atoms with Crippen LogP contribution in [0.5, 0.6) is 0 Å². The van der Waals surface area contributed by atoms with Crippen LogP contribution >= 0.6 is 11.6 Å². The number of nitrogens with one attached hydrogen (secondary N) is 2. The van der Waals surface area contributed by atoms with Crippen molar-refractivity contribution in [3.63, 3.8) is 0 Å². The van der Waals surface area contributed by atoms with Gasteiger partial charge < -0.3 is 21.3 Å². The molecule has 7 nitrogen and oxygen atoms in total. The summed E-state index contributed by atoms with van der Waals surface area (Å²) >= 11 is 5.95. The van der Waals surface area contributed by atoms with E-state index < -0.39 is 5.41 Å². The molecule has 1 aliphatic heterocycles. The van der Waals surface area contributed by atoms with Gasteiger partial charge >= 0.3 is 6.03 Å². The highest BCUT2D eigenvalue weighted by Gasteiger charge is 2.31. The van der Waals surface area contributed by atoms with Crippen LogP contribution in [0.4, 0.5) is 10.5 Å². The van der Waals surface area contributed by atoms with E-state index in [-0.39, 0.29) is 23.9 Å². The Morgan fingerprint density at radius 1 is 1.16 bits per heavy atom. The first kappa shape index (κ1) is 23.0. The number of hydrogen-bond donors (Lipinski definition) is 3. The molecule has 1 fully saturated rings. The van der Waals surface area contributed by atoms with Gasteiger partial charge in [0.15, 0.2) is 0 Å². The standard InChI is InChI=1S/C23H30ClN5O2/c1-23(2,17-3-5-18(24)6-4-17)21(30)27-15-20(25)16-9-13-29(14-10-16)22(31)28-19-7-11-26-12-8-19/h3-8,11-12,16,20H,9-10,13-15,25H2,1-2H3,(H,27,30)(H,26,28,31)/t20-/m1/s1. The normalized spacial score (nSPS) is 15.9. The number of nitrogens with zero attached hydrogens (tertiary/aromatic N) is 2. The number of aromatic nitrogens is 1. The van der Waals surface area contributed by atoms with E-state index >= 15 is 0 Å². The Kier molecular flexibility index (Phi) is 7.51. The van der Waals surface area contributed by atoms with Crippen LogP contribution in [-0.4, -0.2) is 47.5 Å². The average Bonchev–Trinajstić information content (AvgIpc) is 2.78. The summed E-state index contributed by atoms with van der Waals surface area (Å²) in [5.74, 6) is 0.184. The first-order valence-electron chi connectivity index (χ1n) is 10.5. The molecule has 8 heteroatoms. The van der Waals surface area contributed by atoms with Gasteiger partial charge in [0, 0.05) is 48.8 Å². The Bertz CT molecular complexity index is 881. The smallest absolute Gasteiger partial charge is 0.321 e. The molecule has 2 heterocycles. The van der Waals surface area contributed by atoms with Crippen molar-refractivity contribution in [3.8, 4) is 0 Å². The minimum absolute atomic E-state index is 0.0700. The number of rotatable bonds is 6. The summed E-state index contributed by atoms with van der Waals surface area (Å²) < 4.78 is 0. The summed E-state index contributed by atoms with van der Waals surface area (Å²) in [4.78, 5) is 31.0. The molecular formula is C23H30ClN5O2. The van der Waals surface area contributed by atoms with Crippen molar-refractivity contribution in [3.05, 3.63) is 59.4 Å². The average molecular weight is 444 g/mol. The number of urea groups is 1. The van der Waals surface area contributed by atoms with Gasteiger partial charge in [-0.05, 0) is 62.4 Å². The van der Waals surface area contributed by atoms with Crippen molar-refractivity contribution in [2.75, 3.05) is 25.0 Å². The van der Waals surface area contributed by atoms with E-state index in [0.29, 0.717) is 24.7 Å². The number of halogens is 1. The molecule has 1 aromatic carbocycles. The number of benzene rings is 1. The molecule has 2 aromatic rings. The summed E-state index contributed by atoms with van der Waals surface area (Å²) in [6, 6.07) is 10.6. The van der Waals surface area contributed by atoms with Gasteiger partial charge in [0.25, 0.3) is 0 Å². The molecule has 3 rings (SSSR count). The highest BCUT2D eigenvalue weighted by atomic mass is 35.5. The first-order valence-corrected chi connectivity index (χ1v) is 10.9. The predicted octanol–water partition coefficient (Wildman–Crippen LogP) is 3.40. The predicted molar refractivity (Wildman–Crippen MR) is 123 cm³/mol. The van der Waals surface area contributed by atoms with Gasteiger partial charge in [0.05, 0.1) is 5.41 Å². The maximum Gasteiger partial charge on any atom is 0.321 e. The van der Waals surface area contributed by atoms with E-state index in [9.17, 15) is 9.59 Å². The van der Waals surface area contributed by atoms with E-state index in [1.807, 2.05) is 26.0 Å². The van der Waals surface area contributed by atoms with Crippen LogP contribution in [0.2, 0.25) is 5.02 Å². The zero-order valence-electron chi connectivity index (χ0n) is 18.0. The zero-order chi connectivity index (χ0) is 22.4. The van der Waals surface area contributed by atoms with Gasteiger partial charge in [-0.3, -0.25) is 9.78 Å². The third-order valence-corrected chi connectivity index (χ3v) is 6.25. The number of pyridine rings is 1. The largest absolute Gasteiger partial charge is 0.354 e. The summed E-state index contributed by atoms with van der Waals surface area (Å²) in [7, 11) is 0. The summed E-state index contributed by atoms with van der Waals surface area (Å²) in [6.07, 6.45) is 4.90. The van der Waals surface area contributed by atoms with E-state index in [1.54, 1.807) is 41.6 Å². The molecule has 3 amide bonds. The van der Waals surface area contributed by atoms with E-state index in [0.717, 1.165) is 24.1 Å². The van der Waals surface area contributed by atoms with E-state index in [4.69, 9.17) is 17.3 Å². The van der Waals surface area contributed by atoms with Gasteiger partial charge in [0.2, 0.25) is 5.91 Å². The SMILES string of the molecule is CC(C)(C(=O)NC[C@@H](N)C1CCN(C(=O)Nc2ccncc2)CC1)c1ccc(Cl)cc1. The highest BCUT2D eigenvalue weighted by Crippen LogP contribution is 2.25. The fourth-order valence-electron chi connectivity index (χ4n) is 3.76. The molecule has 31 heavy (non-hydrogen) atoms. The Balaban J connectivity index is 1.45. The van der Waals surface area contributed by atoms with Crippen LogP contribution < -0.4 is 16.4 Å². The fourth-order valence-corrected chi connectivity index (χ4v) is 3.89. The molecule has 166 valence electrons. The van der Waals surface area contributed by atoms with Crippen LogP contribution in [0, 0.1) is 5.92 Å². The van der Waals surface area contributed by atoms with Crippen molar-refractivity contribution < 1.29 is 9.59 Å². The molecular weight excluding hydrogens is 414 g/mol. The van der Waals surface area contributed by atoms with E-state index in [1.165, 1.54) is 0 Å². The first-order chi connectivity index (χ1) is 14.8. The number of nitrogens with two attached hydrogens (primary N) is 1. The minimum atomic E-state index is -0.682. The zero-order valence-corrected chi connectivity index (χ0v) is 18.7. The topological polar surface area (TPSA) is 100 Å². The lowest BCUT2D eigenvalue weighted by molar-refractivity contribution is -0.125. The van der Waals surface area contributed by atoms with Crippen LogP contribution in [-0.2, 0) is 10.2 Å². The number of anilines is 1. The number of carbonyl (C=O) groups is 2. The van der Waals surface area contributed by atoms with Gasteiger partial charge in [0.1, 0.15) is 0 Å². The molecule has 0 unspecified atom stereocenters.